The van der Waals surface area contributed by atoms with Gasteiger partial charge in [0.15, 0.2) is 0 Å². The monoisotopic (exact) mass is 236 g/mol. The van der Waals surface area contributed by atoms with Gasteiger partial charge in [0, 0.05) is 0 Å². The molecule has 1 aromatic carbocycles. The Hall–Kier alpha value is -2.37. The zero-order valence-corrected chi connectivity index (χ0v) is 9.19. The predicted octanol–water partition coefficient (Wildman–Crippen LogP) is 0.132. The average Bonchev–Trinajstić information content (AvgIpc) is 2.25. The van der Waals surface area contributed by atoms with Gasteiger partial charge in [0.2, 0.25) is 5.91 Å². The summed E-state index contributed by atoms with van der Waals surface area (Å²) in [5.41, 5.74) is 4.20. The Balaban J connectivity index is 2.54. The first-order chi connectivity index (χ1) is 8.00. The molecule has 1 rings (SSSR count). The van der Waals surface area contributed by atoms with Crippen molar-refractivity contribution in [3.8, 4) is 5.75 Å². The quantitative estimate of drug-likeness (QED) is 0.513. The van der Waals surface area contributed by atoms with Crippen LogP contribution in [0.5, 0.6) is 5.75 Å². The number of ketones is 1. The van der Waals surface area contributed by atoms with Crippen molar-refractivity contribution in [2.24, 2.45) is 0 Å². The van der Waals surface area contributed by atoms with Crippen LogP contribution >= 0.6 is 0 Å². The van der Waals surface area contributed by atoms with Crippen molar-refractivity contribution < 1.29 is 19.5 Å². The summed E-state index contributed by atoms with van der Waals surface area (Å²) in [6.07, 6.45) is -0.305. The molecule has 0 aromatic heterocycles. The third-order valence-corrected chi connectivity index (χ3v) is 1.87. The van der Waals surface area contributed by atoms with Gasteiger partial charge in [-0.05, 0) is 19.1 Å². The van der Waals surface area contributed by atoms with Gasteiger partial charge in [-0.3, -0.25) is 25.2 Å². The molecule has 0 heterocycles. The van der Waals surface area contributed by atoms with Gasteiger partial charge < -0.3 is 5.11 Å². The molecule has 0 atom stereocenters. The lowest BCUT2D eigenvalue weighted by Gasteiger charge is -2.07. The molecule has 0 fully saturated rings. The number of amides is 2. The number of hydrogen-bond acceptors (Lipinski definition) is 4. The molecule has 0 saturated heterocycles. The van der Waals surface area contributed by atoms with E-state index in [1.807, 2.05) is 0 Å². The highest BCUT2D eigenvalue weighted by molar-refractivity contribution is 6.00. The second-order valence-corrected chi connectivity index (χ2v) is 3.40. The van der Waals surface area contributed by atoms with Crippen LogP contribution in [0.4, 0.5) is 0 Å². The summed E-state index contributed by atoms with van der Waals surface area (Å²) >= 11 is 0. The molecule has 0 aliphatic carbocycles. The summed E-state index contributed by atoms with van der Waals surface area (Å²) in [7, 11) is 0. The number of carbonyl (C=O) groups excluding carboxylic acids is 3. The van der Waals surface area contributed by atoms with E-state index in [0.29, 0.717) is 0 Å². The average molecular weight is 236 g/mol. The van der Waals surface area contributed by atoms with E-state index in [9.17, 15) is 19.5 Å². The summed E-state index contributed by atoms with van der Waals surface area (Å²) in [6.45, 7) is 1.27. The third kappa shape index (κ3) is 3.94. The van der Waals surface area contributed by atoms with E-state index >= 15 is 0 Å². The van der Waals surface area contributed by atoms with Crippen LogP contribution in [0, 0.1) is 0 Å². The van der Waals surface area contributed by atoms with Gasteiger partial charge in [0.05, 0.1) is 12.0 Å². The molecule has 1 aromatic rings. The molecular formula is C11H12N2O4. The fourth-order valence-corrected chi connectivity index (χ4v) is 1.13. The largest absolute Gasteiger partial charge is 0.507 e. The zero-order chi connectivity index (χ0) is 12.8. The summed E-state index contributed by atoms with van der Waals surface area (Å²) in [4.78, 5) is 33.2. The number of hydrogen-bond donors (Lipinski definition) is 3. The Morgan fingerprint density at radius 2 is 1.82 bits per heavy atom. The van der Waals surface area contributed by atoms with Crippen molar-refractivity contribution in [3.05, 3.63) is 29.8 Å². The lowest BCUT2D eigenvalue weighted by Crippen LogP contribution is -2.42. The number of aromatic hydroxyl groups is 1. The van der Waals surface area contributed by atoms with E-state index in [1.165, 1.54) is 19.1 Å². The standard InChI is InChI=1S/C11H12N2O4/c1-7(14)6-10(16)12-13-11(17)8-4-2-3-5-9(8)15/h2-5,15H,6H2,1H3,(H,12,16)(H,13,17). The minimum Gasteiger partial charge on any atom is -0.507 e. The molecule has 6 nitrogen and oxygen atoms in total. The van der Waals surface area contributed by atoms with Crippen LogP contribution in [0.3, 0.4) is 0 Å². The number of Topliss-reactive ketones (excluding diaryl/α,β-unsaturated/α-hetero) is 1. The number of benzene rings is 1. The van der Waals surface area contributed by atoms with Crippen molar-refractivity contribution >= 4 is 17.6 Å². The van der Waals surface area contributed by atoms with Crippen LogP contribution in [0.1, 0.15) is 23.7 Å². The molecule has 6 heteroatoms. The van der Waals surface area contributed by atoms with Crippen molar-refractivity contribution in [3.63, 3.8) is 0 Å². The number of phenolic OH excluding ortho intramolecular Hbond substituents is 1. The van der Waals surface area contributed by atoms with Crippen molar-refractivity contribution in [1.29, 1.82) is 0 Å². The van der Waals surface area contributed by atoms with E-state index < -0.39 is 11.8 Å². The first kappa shape index (κ1) is 12.7. The van der Waals surface area contributed by atoms with Crippen LogP contribution in [0.25, 0.3) is 0 Å². The van der Waals surface area contributed by atoms with Gasteiger partial charge in [-0.25, -0.2) is 0 Å². The smallest absolute Gasteiger partial charge is 0.273 e. The molecule has 0 aliphatic heterocycles. The van der Waals surface area contributed by atoms with E-state index in [1.54, 1.807) is 12.1 Å². The summed E-state index contributed by atoms with van der Waals surface area (Å²) in [5.74, 6) is -1.76. The second kappa shape index (κ2) is 5.64. The highest BCUT2D eigenvalue weighted by Crippen LogP contribution is 2.14. The normalized spacial score (nSPS) is 9.47. The van der Waals surface area contributed by atoms with Gasteiger partial charge in [0.1, 0.15) is 11.5 Å². The maximum atomic E-state index is 11.5. The van der Waals surface area contributed by atoms with Crippen molar-refractivity contribution in [2.45, 2.75) is 13.3 Å². The molecule has 0 spiro atoms. The molecule has 0 saturated carbocycles. The van der Waals surface area contributed by atoms with E-state index in [2.05, 4.69) is 10.9 Å². The summed E-state index contributed by atoms with van der Waals surface area (Å²) < 4.78 is 0. The number of hydrazine groups is 1. The van der Waals surface area contributed by atoms with Crippen LogP contribution < -0.4 is 10.9 Å². The summed E-state index contributed by atoms with van der Waals surface area (Å²) in [6, 6.07) is 5.90. The Morgan fingerprint density at radius 1 is 1.18 bits per heavy atom. The number of nitrogens with one attached hydrogen (secondary N) is 2. The highest BCUT2D eigenvalue weighted by Gasteiger charge is 2.11. The second-order valence-electron chi connectivity index (χ2n) is 3.40. The first-order valence-corrected chi connectivity index (χ1v) is 4.87. The molecule has 0 bridgehead atoms. The maximum Gasteiger partial charge on any atom is 0.273 e. The molecule has 3 N–H and O–H groups in total. The zero-order valence-electron chi connectivity index (χ0n) is 9.19. The molecule has 0 aliphatic rings. The Kier molecular flexibility index (Phi) is 4.21. The number of para-hydroxylation sites is 1. The molecule has 0 radical (unpaired) electrons. The third-order valence-electron chi connectivity index (χ3n) is 1.87. The van der Waals surface area contributed by atoms with Crippen LogP contribution in [0.15, 0.2) is 24.3 Å². The van der Waals surface area contributed by atoms with Crippen molar-refractivity contribution in [2.75, 3.05) is 0 Å². The lowest BCUT2D eigenvalue weighted by molar-refractivity contribution is -0.127. The van der Waals surface area contributed by atoms with Gasteiger partial charge in [-0.15, -0.1) is 0 Å². The Bertz CT molecular complexity index is 457. The van der Waals surface area contributed by atoms with Gasteiger partial charge >= 0.3 is 0 Å². The minimum absolute atomic E-state index is 0.0376. The fourth-order valence-electron chi connectivity index (χ4n) is 1.13. The lowest BCUT2D eigenvalue weighted by atomic mass is 10.2. The summed E-state index contributed by atoms with van der Waals surface area (Å²) in [5, 5.41) is 9.36. The molecule has 90 valence electrons. The molecule has 0 unspecified atom stereocenters. The molecule has 2 amide bonds. The van der Waals surface area contributed by atoms with Gasteiger partial charge in [-0.2, -0.15) is 0 Å². The number of rotatable bonds is 3. The predicted molar refractivity (Wildman–Crippen MR) is 59.0 cm³/mol. The Morgan fingerprint density at radius 3 is 2.41 bits per heavy atom. The highest BCUT2D eigenvalue weighted by atomic mass is 16.3. The molecule has 17 heavy (non-hydrogen) atoms. The topological polar surface area (TPSA) is 95.5 Å². The van der Waals surface area contributed by atoms with E-state index in [-0.39, 0.29) is 23.5 Å². The van der Waals surface area contributed by atoms with E-state index in [0.717, 1.165) is 0 Å². The van der Waals surface area contributed by atoms with Crippen LogP contribution in [0.2, 0.25) is 0 Å². The minimum atomic E-state index is -0.653. The van der Waals surface area contributed by atoms with Gasteiger partial charge in [-0.1, -0.05) is 12.1 Å². The fraction of sp³-hybridized carbons (Fsp3) is 0.182. The first-order valence-electron chi connectivity index (χ1n) is 4.87. The Labute approximate surface area is 97.6 Å². The number of carbonyl (C=O) groups is 3. The van der Waals surface area contributed by atoms with Crippen LogP contribution in [-0.4, -0.2) is 22.7 Å². The molecular weight excluding hydrogens is 224 g/mol. The van der Waals surface area contributed by atoms with Gasteiger partial charge in [0.25, 0.3) is 5.91 Å². The van der Waals surface area contributed by atoms with Crippen LogP contribution in [-0.2, 0) is 9.59 Å². The number of phenols is 1. The SMILES string of the molecule is CC(=O)CC(=O)NNC(=O)c1ccccc1O. The van der Waals surface area contributed by atoms with Crippen molar-refractivity contribution in [1.82, 2.24) is 10.9 Å². The maximum absolute atomic E-state index is 11.5. The van der Waals surface area contributed by atoms with E-state index in [4.69, 9.17) is 0 Å².